The molecular weight excluding hydrogens is 781 g/mol. The van der Waals surface area contributed by atoms with Crippen LogP contribution < -0.4 is 5.73 Å². The number of allylic oxidation sites excluding steroid dienone is 14. The molecule has 0 aromatic rings. The van der Waals surface area contributed by atoms with E-state index in [0.29, 0.717) is 19.3 Å². The van der Waals surface area contributed by atoms with E-state index in [4.69, 9.17) is 24.8 Å². The van der Waals surface area contributed by atoms with Gasteiger partial charge in [-0.1, -0.05) is 150 Å². The maximum absolute atomic E-state index is 12.6. The second-order valence-electron chi connectivity index (χ2n) is 14.8. The lowest BCUT2D eigenvalue weighted by Crippen LogP contribution is -2.34. The number of unbranched alkanes of at least 4 members (excludes halogenated alkanes) is 13. The zero-order valence-corrected chi connectivity index (χ0v) is 37.9. The van der Waals surface area contributed by atoms with Crippen molar-refractivity contribution >= 4 is 25.7 Å². The molecule has 0 radical (unpaired) electrons. The first kappa shape index (κ1) is 56.7. The molecule has 0 saturated carbocycles. The van der Waals surface area contributed by atoms with Gasteiger partial charge >= 0.3 is 25.7 Å². The van der Waals surface area contributed by atoms with Crippen molar-refractivity contribution in [1.82, 2.24) is 0 Å². The highest BCUT2D eigenvalue weighted by Crippen LogP contribution is 2.43. The molecule has 342 valence electrons. The van der Waals surface area contributed by atoms with Crippen molar-refractivity contribution in [1.29, 1.82) is 0 Å². The minimum Gasteiger partial charge on any atom is -0.480 e. The second-order valence-corrected chi connectivity index (χ2v) is 16.3. The average molecular weight is 862 g/mol. The monoisotopic (exact) mass is 862 g/mol. The van der Waals surface area contributed by atoms with Crippen molar-refractivity contribution in [2.24, 2.45) is 5.73 Å². The molecule has 0 fully saturated rings. The zero-order chi connectivity index (χ0) is 44.2. The molecule has 0 aliphatic heterocycles. The Labute approximate surface area is 362 Å². The Hall–Kier alpha value is -3.34. The lowest BCUT2D eigenvalue weighted by molar-refractivity contribution is -0.161. The van der Waals surface area contributed by atoms with E-state index in [1.165, 1.54) is 64.2 Å². The lowest BCUT2D eigenvalue weighted by atomic mass is 10.1. The first-order valence-corrected chi connectivity index (χ1v) is 24.1. The number of hydrogen-bond acceptors (Lipinski definition) is 9. The van der Waals surface area contributed by atoms with Crippen LogP contribution >= 0.6 is 7.82 Å². The largest absolute Gasteiger partial charge is 0.480 e. The van der Waals surface area contributed by atoms with Crippen molar-refractivity contribution in [2.75, 3.05) is 19.8 Å². The Morgan fingerprint density at radius 2 is 0.900 bits per heavy atom. The summed E-state index contributed by atoms with van der Waals surface area (Å²) in [6.45, 7) is 2.66. The molecule has 0 bridgehead atoms. The molecule has 0 aromatic carbocycles. The highest BCUT2D eigenvalue weighted by molar-refractivity contribution is 7.47. The Bertz CT molecular complexity index is 1340. The standard InChI is InChI=1S/C48H80NO10P/c1-3-5-7-9-11-13-15-17-19-20-21-22-23-24-26-28-30-32-34-36-38-40-47(51)59-44(42-57-60(54,55)58-43-45(49)48(52)53)41-56-46(50)39-37-35-33-31-29-27-25-18-16-14-12-10-8-6-4-2/h12,14,18-20,22-23,25-26,28-29,31-32,34,44-45H,3-11,13,15-17,21,24,27,30,33,35-43,49H2,1-2H3,(H,52,53)(H,54,55)/b14-12+,20-19+,23-22+,25-18+,28-26+,31-29+,34-32+/t44-,45-/m0/s1. The fraction of sp³-hybridized carbons (Fsp3) is 0.646. The van der Waals surface area contributed by atoms with E-state index in [-0.39, 0.29) is 12.8 Å². The summed E-state index contributed by atoms with van der Waals surface area (Å²) < 4.78 is 32.6. The normalized spacial score (nSPS) is 14.5. The molecule has 0 aromatic heterocycles. The van der Waals surface area contributed by atoms with E-state index in [1.54, 1.807) is 0 Å². The molecule has 0 spiro atoms. The van der Waals surface area contributed by atoms with Crippen LogP contribution in [0.2, 0.25) is 0 Å². The number of phosphoric ester groups is 1. The van der Waals surface area contributed by atoms with Crippen LogP contribution in [0, 0.1) is 0 Å². The third-order valence-electron chi connectivity index (χ3n) is 9.12. The van der Waals surface area contributed by atoms with Crippen LogP contribution in [-0.2, 0) is 37.5 Å². The summed E-state index contributed by atoms with van der Waals surface area (Å²) in [6, 6.07) is -1.54. The van der Waals surface area contributed by atoms with Gasteiger partial charge in [-0.05, 0) is 89.9 Å². The van der Waals surface area contributed by atoms with Gasteiger partial charge in [0.1, 0.15) is 12.6 Å². The van der Waals surface area contributed by atoms with Crippen LogP contribution in [0.1, 0.15) is 168 Å². The molecule has 12 heteroatoms. The number of rotatable bonds is 41. The topological polar surface area (TPSA) is 172 Å². The molecule has 60 heavy (non-hydrogen) atoms. The molecule has 3 atom stereocenters. The number of phosphoric acid groups is 1. The number of nitrogens with two attached hydrogens (primary N) is 1. The molecule has 0 saturated heterocycles. The number of carbonyl (C=O) groups excluding carboxylic acids is 2. The maximum atomic E-state index is 12.6. The molecule has 0 heterocycles. The fourth-order valence-corrected chi connectivity index (χ4v) is 6.31. The Kier molecular flexibility index (Phi) is 40.0. The number of ether oxygens (including phenoxy) is 2. The predicted octanol–water partition coefficient (Wildman–Crippen LogP) is 12.3. The summed E-state index contributed by atoms with van der Waals surface area (Å²) in [5.74, 6) is -2.51. The minimum absolute atomic E-state index is 0.0726. The number of aliphatic carboxylic acids is 1. The van der Waals surface area contributed by atoms with Crippen LogP contribution in [0.5, 0.6) is 0 Å². The fourth-order valence-electron chi connectivity index (χ4n) is 5.53. The maximum Gasteiger partial charge on any atom is 0.472 e. The quantitative estimate of drug-likeness (QED) is 0.0231. The van der Waals surface area contributed by atoms with Crippen LogP contribution in [0.4, 0.5) is 0 Å². The van der Waals surface area contributed by atoms with Crippen LogP contribution in [0.25, 0.3) is 0 Å². The first-order chi connectivity index (χ1) is 29.1. The highest BCUT2D eigenvalue weighted by atomic mass is 31.2. The van der Waals surface area contributed by atoms with Crippen LogP contribution in [-0.4, -0.2) is 59.9 Å². The number of hydrogen-bond donors (Lipinski definition) is 3. The Morgan fingerprint density at radius 3 is 1.40 bits per heavy atom. The molecule has 0 aliphatic carbocycles. The molecule has 0 rings (SSSR count). The third kappa shape index (κ3) is 41.4. The number of carboxylic acids is 1. The zero-order valence-electron chi connectivity index (χ0n) is 37.0. The Balaban J connectivity index is 4.51. The number of carboxylic acid groups (broad SMARTS) is 1. The third-order valence-corrected chi connectivity index (χ3v) is 10.1. The van der Waals surface area contributed by atoms with Crippen molar-refractivity contribution < 1.29 is 47.5 Å². The van der Waals surface area contributed by atoms with Gasteiger partial charge in [-0.2, -0.15) is 0 Å². The van der Waals surface area contributed by atoms with E-state index in [0.717, 1.165) is 57.8 Å². The van der Waals surface area contributed by atoms with Crippen molar-refractivity contribution in [3.8, 4) is 0 Å². The van der Waals surface area contributed by atoms with Crippen LogP contribution in [0.3, 0.4) is 0 Å². The molecule has 0 amide bonds. The summed E-state index contributed by atoms with van der Waals surface area (Å²) in [6.07, 6.45) is 52.3. The van der Waals surface area contributed by atoms with Gasteiger partial charge in [-0.25, -0.2) is 4.57 Å². The van der Waals surface area contributed by atoms with E-state index >= 15 is 0 Å². The molecule has 11 nitrogen and oxygen atoms in total. The van der Waals surface area contributed by atoms with Crippen molar-refractivity contribution in [3.63, 3.8) is 0 Å². The van der Waals surface area contributed by atoms with Gasteiger partial charge < -0.3 is 25.2 Å². The average Bonchev–Trinajstić information content (AvgIpc) is 3.22. The second kappa shape index (κ2) is 42.4. The smallest absolute Gasteiger partial charge is 0.472 e. The van der Waals surface area contributed by atoms with E-state index < -0.39 is 57.7 Å². The van der Waals surface area contributed by atoms with Gasteiger partial charge in [-0.3, -0.25) is 23.4 Å². The van der Waals surface area contributed by atoms with Crippen LogP contribution in [0.15, 0.2) is 85.1 Å². The summed E-state index contributed by atoms with van der Waals surface area (Å²) in [4.78, 5) is 45.9. The van der Waals surface area contributed by atoms with E-state index in [1.807, 2.05) is 12.2 Å². The summed E-state index contributed by atoms with van der Waals surface area (Å²) in [5.41, 5.74) is 5.33. The van der Waals surface area contributed by atoms with Gasteiger partial charge in [-0.15, -0.1) is 0 Å². The van der Waals surface area contributed by atoms with Gasteiger partial charge in [0.2, 0.25) is 0 Å². The molecule has 4 N–H and O–H groups in total. The number of carbonyl (C=O) groups is 3. The molecular formula is C48H80NO10P. The van der Waals surface area contributed by atoms with Gasteiger partial charge in [0.15, 0.2) is 6.10 Å². The minimum atomic E-state index is -4.75. The van der Waals surface area contributed by atoms with Crippen molar-refractivity contribution in [3.05, 3.63) is 85.1 Å². The highest BCUT2D eigenvalue weighted by Gasteiger charge is 2.28. The molecule has 0 aliphatic rings. The van der Waals surface area contributed by atoms with Gasteiger partial charge in [0, 0.05) is 12.8 Å². The summed E-state index contributed by atoms with van der Waals surface area (Å²) in [7, 11) is -4.75. The van der Waals surface area contributed by atoms with E-state index in [2.05, 4.69) is 91.3 Å². The lowest BCUT2D eigenvalue weighted by Gasteiger charge is -2.20. The Morgan fingerprint density at radius 1 is 0.517 bits per heavy atom. The first-order valence-electron chi connectivity index (χ1n) is 22.6. The van der Waals surface area contributed by atoms with E-state index in [9.17, 15) is 23.8 Å². The molecule has 1 unspecified atom stereocenters. The van der Waals surface area contributed by atoms with Gasteiger partial charge in [0.25, 0.3) is 0 Å². The van der Waals surface area contributed by atoms with Crippen molar-refractivity contribution in [2.45, 2.75) is 180 Å². The van der Waals surface area contributed by atoms with Gasteiger partial charge in [0.05, 0.1) is 13.2 Å². The SMILES string of the molecule is CCCCC/C=C/C/C=C/C/C=C/CCCCC(=O)OC[C@@H](COP(=O)(O)OC[C@H](N)C(=O)O)OC(=O)CCC/C=C/C/C=C/C/C=C/C/C=C/CCCCCCCCC. The number of esters is 2. The summed E-state index contributed by atoms with van der Waals surface area (Å²) >= 11 is 0. The predicted molar refractivity (Wildman–Crippen MR) is 244 cm³/mol. The summed E-state index contributed by atoms with van der Waals surface area (Å²) in [5, 5.41) is 8.89.